The van der Waals surface area contributed by atoms with Crippen molar-refractivity contribution in [3.8, 4) is 0 Å². The zero-order chi connectivity index (χ0) is 15.2. The van der Waals surface area contributed by atoms with Crippen LogP contribution in [-0.2, 0) is 4.79 Å². The summed E-state index contributed by atoms with van der Waals surface area (Å²) in [4.78, 5) is 23.5. The Morgan fingerprint density at radius 1 is 0.952 bits per heavy atom. The molecular formula is C15H12Cl2N2O2. The van der Waals surface area contributed by atoms with Crippen molar-refractivity contribution in [1.29, 1.82) is 0 Å². The molecule has 2 aromatic rings. The van der Waals surface area contributed by atoms with Gasteiger partial charge in [-0.3, -0.25) is 9.59 Å². The summed E-state index contributed by atoms with van der Waals surface area (Å²) < 4.78 is 0. The number of hydrogen-bond acceptors (Lipinski definition) is 2. The van der Waals surface area contributed by atoms with E-state index in [2.05, 4.69) is 10.6 Å². The second-order valence-electron chi connectivity index (χ2n) is 4.23. The molecule has 0 bridgehead atoms. The molecule has 0 aliphatic rings. The van der Waals surface area contributed by atoms with Crippen molar-refractivity contribution in [2.45, 2.75) is 0 Å². The second kappa shape index (κ2) is 7.11. The highest BCUT2D eigenvalue weighted by Crippen LogP contribution is 2.24. The molecule has 0 heterocycles. The van der Waals surface area contributed by atoms with Gasteiger partial charge in [0.2, 0.25) is 5.91 Å². The molecule has 108 valence electrons. The lowest BCUT2D eigenvalue weighted by molar-refractivity contribution is -0.115. The van der Waals surface area contributed by atoms with E-state index < -0.39 is 0 Å². The maximum Gasteiger partial charge on any atom is 0.251 e. The molecule has 2 N–H and O–H groups in total. The fourth-order valence-electron chi connectivity index (χ4n) is 1.63. The fraction of sp³-hybridized carbons (Fsp3) is 0.0667. The van der Waals surface area contributed by atoms with Gasteiger partial charge in [-0.2, -0.15) is 0 Å². The molecular weight excluding hydrogens is 311 g/mol. The van der Waals surface area contributed by atoms with E-state index in [0.29, 0.717) is 21.3 Å². The summed E-state index contributed by atoms with van der Waals surface area (Å²) in [6.07, 6.45) is 0. The highest BCUT2D eigenvalue weighted by Gasteiger charge is 2.08. The van der Waals surface area contributed by atoms with Crippen LogP contribution in [0.5, 0.6) is 0 Å². The van der Waals surface area contributed by atoms with Gasteiger partial charge in [0.25, 0.3) is 5.91 Å². The van der Waals surface area contributed by atoms with Gasteiger partial charge in [-0.1, -0.05) is 41.4 Å². The minimum Gasteiger partial charge on any atom is -0.343 e. The van der Waals surface area contributed by atoms with Crippen LogP contribution in [0.25, 0.3) is 0 Å². The van der Waals surface area contributed by atoms with E-state index >= 15 is 0 Å². The first-order chi connectivity index (χ1) is 10.1. The van der Waals surface area contributed by atoms with Gasteiger partial charge in [-0.15, -0.1) is 0 Å². The van der Waals surface area contributed by atoms with E-state index in [4.69, 9.17) is 23.2 Å². The zero-order valence-corrected chi connectivity index (χ0v) is 12.4. The molecule has 4 nitrogen and oxygen atoms in total. The lowest BCUT2D eigenvalue weighted by atomic mass is 10.2. The summed E-state index contributed by atoms with van der Waals surface area (Å²) >= 11 is 11.6. The van der Waals surface area contributed by atoms with Crippen LogP contribution < -0.4 is 10.6 Å². The van der Waals surface area contributed by atoms with Crippen molar-refractivity contribution in [3.63, 3.8) is 0 Å². The molecule has 0 atom stereocenters. The maximum absolute atomic E-state index is 11.8. The molecule has 0 saturated heterocycles. The van der Waals surface area contributed by atoms with Gasteiger partial charge in [-0.05, 0) is 30.3 Å². The number of halogens is 2. The van der Waals surface area contributed by atoms with E-state index in [1.807, 2.05) is 6.07 Å². The second-order valence-corrected chi connectivity index (χ2v) is 5.04. The highest BCUT2D eigenvalue weighted by atomic mass is 35.5. The molecule has 2 rings (SSSR count). The Morgan fingerprint density at radius 2 is 1.67 bits per heavy atom. The van der Waals surface area contributed by atoms with E-state index in [9.17, 15) is 9.59 Å². The van der Waals surface area contributed by atoms with Crippen LogP contribution >= 0.6 is 23.2 Å². The van der Waals surface area contributed by atoms with Crippen molar-refractivity contribution < 1.29 is 9.59 Å². The number of rotatable bonds is 4. The third kappa shape index (κ3) is 4.48. The van der Waals surface area contributed by atoms with Crippen molar-refractivity contribution in [3.05, 3.63) is 64.1 Å². The summed E-state index contributed by atoms with van der Waals surface area (Å²) in [6.45, 7) is -0.131. The first-order valence-electron chi connectivity index (χ1n) is 6.14. The smallest absolute Gasteiger partial charge is 0.251 e. The molecule has 2 aromatic carbocycles. The Kier molecular flexibility index (Phi) is 5.20. The van der Waals surface area contributed by atoms with E-state index in [-0.39, 0.29) is 18.4 Å². The van der Waals surface area contributed by atoms with Crippen molar-refractivity contribution in [1.82, 2.24) is 5.32 Å². The van der Waals surface area contributed by atoms with Crippen LogP contribution in [0.2, 0.25) is 10.0 Å². The van der Waals surface area contributed by atoms with Gasteiger partial charge in [0.05, 0.1) is 16.6 Å². The molecule has 2 amide bonds. The van der Waals surface area contributed by atoms with E-state index in [0.717, 1.165) is 0 Å². The standard InChI is InChI=1S/C15H12Cl2N2O2/c16-12-7-6-11(8-13(12)17)19-14(20)9-18-15(21)10-4-2-1-3-5-10/h1-8H,9H2,(H,18,21)(H,19,20). The largest absolute Gasteiger partial charge is 0.343 e. The number of nitrogens with one attached hydrogen (secondary N) is 2. The highest BCUT2D eigenvalue weighted by molar-refractivity contribution is 6.42. The first-order valence-corrected chi connectivity index (χ1v) is 6.90. The molecule has 0 radical (unpaired) electrons. The van der Waals surface area contributed by atoms with Crippen LogP contribution in [0.3, 0.4) is 0 Å². The summed E-state index contributed by atoms with van der Waals surface area (Å²) in [7, 11) is 0. The summed E-state index contributed by atoms with van der Waals surface area (Å²) in [6, 6.07) is 13.4. The molecule has 0 fully saturated rings. The number of amides is 2. The number of benzene rings is 2. The van der Waals surface area contributed by atoms with E-state index in [1.165, 1.54) is 0 Å². The van der Waals surface area contributed by atoms with Crippen LogP contribution in [-0.4, -0.2) is 18.4 Å². The molecule has 0 spiro atoms. The average Bonchev–Trinajstić information content (AvgIpc) is 2.49. The molecule has 6 heteroatoms. The Balaban J connectivity index is 1.87. The van der Waals surface area contributed by atoms with Gasteiger partial charge < -0.3 is 10.6 Å². The van der Waals surface area contributed by atoms with Crippen LogP contribution in [0.1, 0.15) is 10.4 Å². The predicted octanol–water partition coefficient (Wildman–Crippen LogP) is 3.36. The summed E-state index contributed by atoms with van der Waals surface area (Å²) in [5, 5.41) is 5.91. The van der Waals surface area contributed by atoms with Gasteiger partial charge in [0, 0.05) is 11.3 Å². The fourth-order valence-corrected chi connectivity index (χ4v) is 1.93. The van der Waals surface area contributed by atoms with Crippen molar-refractivity contribution >= 4 is 40.7 Å². The quantitative estimate of drug-likeness (QED) is 0.906. The van der Waals surface area contributed by atoms with Gasteiger partial charge >= 0.3 is 0 Å². The molecule has 0 aliphatic carbocycles. The topological polar surface area (TPSA) is 58.2 Å². The molecule has 0 saturated carbocycles. The third-order valence-corrected chi connectivity index (χ3v) is 3.39. The summed E-state index contributed by atoms with van der Waals surface area (Å²) in [5.41, 5.74) is 1.02. The molecule has 0 aromatic heterocycles. The maximum atomic E-state index is 11.8. The number of carbonyl (C=O) groups excluding carboxylic acids is 2. The Morgan fingerprint density at radius 3 is 2.33 bits per heavy atom. The Labute approximate surface area is 132 Å². The Bertz CT molecular complexity index is 660. The van der Waals surface area contributed by atoms with Crippen molar-refractivity contribution in [2.75, 3.05) is 11.9 Å². The lowest BCUT2D eigenvalue weighted by Gasteiger charge is -2.07. The monoisotopic (exact) mass is 322 g/mol. The minimum atomic E-state index is -0.349. The predicted molar refractivity (Wildman–Crippen MR) is 83.9 cm³/mol. The lowest BCUT2D eigenvalue weighted by Crippen LogP contribution is -2.32. The van der Waals surface area contributed by atoms with Crippen LogP contribution in [0, 0.1) is 0 Å². The van der Waals surface area contributed by atoms with Gasteiger partial charge in [0.15, 0.2) is 0 Å². The van der Waals surface area contributed by atoms with Gasteiger partial charge in [0.1, 0.15) is 0 Å². The number of carbonyl (C=O) groups is 2. The number of anilines is 1. The van der Waals surface area contributed by atoms with Crippen LogP contribution in [0.15, 0.2) is 48.5 Å². The molecule has 0 aliphatic heterocycles. The van der Waals surface area contributed by atoms with Gasteiger partial charge in [-0.25, -0.2) is 0 Å². The zero-order valence-electron chi connectivity index (χ0n) is 10.9. The SMILES string of the molecule is O=C(CNC(=O)c1ccccc1)Nc1ccc(Cl)c(Cl)c1. The molecule has 21 heavy (non-hydrogen) atoms. The van der Waals surface area contributed by atoms with Crippen LogP contribution in [0.4, 0.5) is 5.69 Å². The first kappa shape index (κ1) is 15.4. The van der Waals surface area contributed by atoms with Crippen molar-refractivity contribution in [2.24, 2.45) is 0 Å². The number of hydrogen-bond donors (Lipinski definition) is 2. The minimum absolute atomic E-state index is 0.131. The third-order valence-electron chi connectivity index (χ3n) is 2.65. The normalized spacial score (nSPS) is 10.0. The van der Waals surface area contributed by atoms with E-state index in [1.54, 1.807) is 42.5 Å². The average molecular weight is 323 g/mol. The molecule has 0 unspecified atom stereocenters. The summed E-state index contributed by atoms with van der Waals surface area (Å²) in [5.74, 6) is -0.655. The Hall–Kier alpha value is -2.04.